The van der Waals surface area contributed by atoms with E-state index in [9.17, 15) is 0 Å². The van der Waals surface area contributed by atoms with Crippen LogP contribution in [0.1, 0.15) is 33.1 Å². The highest BCUT2D eigenvalue weighted by Crippen LogP contribution is 2.12. The number of hydrogen-bond acceptors (Lipinski definition) is 4. The molecular formula is C12H17N3O. The smallest absolute Gasteiger partial charge is 0.226 e. The summed E-state index contributed by atoms with van der Waals surface area (Å²) in [6.07, 6.45) is 3.54. The van der Waals surface area contributed by atoms with Gasteiger partial charge in [-0.25, -0.2) is 0 Å². The number of rotatable bonds is 3. The number of aromatic nitrogens is 3. The van der Waals surface area contributed by atoms with Crippen LogP contribution in [0.5, 0.6) is 0 Å². The fourth-order valence-electron chi connectivity index (χ4n) is 1.17. The van der Waals surface area contributed by atoms with E-state index in [-0.39, 0.29) is 0 Å². The standard InChI is InChI=1S/C10H11N3O.C2H6/c1-2-5-9-12-10(13-14-9)8-6-3-4-7-11-8;1-2/h3-4,6-7H,2,5H2,1H3;1-2H3. The highest BCUT2D eigenvalue weighted by molar-refractivity contribution is 5.46. The maximum atomic E-state index is 5.06. The van der Waals surface area contributed by atoms with Crippen molar-refractivity contribution in [2.24, 2.45) is 0 Å². The maximum absolute atomic E-state index is 5.06. The molecule has 0 aromatic carbocycles. The van der Waals surface area contributed by atoms with E-state index in [1.807, 2.05) is 32.0 Å². The van der Waals surface area contributed by atoms with Crippen LogP contribution >= 0.6 is 0 Å². The van der Waals surface area contributed by atoms with Gasteiger partial charge in [-0.05, 0) is 18.6 Å². The van der Waals surface area contributed by atoms with Crippen molar-refractivity contribution in [2.75, 3.05) is 0 Å². The van der Waals surface area contributed by atoms with Crippen molar-refractivity contribution in [2.45, 2.75) is 33.6 Å². The summed E-state index contributed by atoms with van der Waals surface area (Å²) in [5, 5.41) is 3.86. The van der Waals surface area contributed by atoms with E-state index in [0.717, 1.165) is 18.5 Å². The molecule has 0 amide bonds. The normalized spacial score (nSPS) is 9.44. The second-order valence-corrected chi connectivity index (χ2v) is 2.98. The SMILES string of the molecule is CC.CCCc1nc(-c2ccccn2)no1. The van der Waals surface area contributed by atoms with Gasteiger partial charge in [0, 0.05) is 12.6 Å². The Morgan fingerprint density at radius 3 is 2.69 bits per heavy atom. The summed E-state index contributed by atoms with van der Waals surface area (Å²) < 4.78 is 5.06. The van der Waals surface area contributed by atoms with Crippen LogP contribution in [0.15, 0.2) is 28.9 Å². The Balaban J connectivity index is 0.000000606. The van der Waals surface area contributed by atoms with Crippen molar-refractivity contribution < 1.29 is 4.52 Å². The molecule has 0 saturated carbocycles. The third kappa shape index (κ3) is 3.15. The quantitative estimate of drug-likeness (QED) is 0.795. The van der Waals surface area contributed by atoms with E-state index >= 15 is 0 Å². The van der Waals surface area contributed by atoms with Gasteiger partial charge in [0.1, 0.15) is 5.69 Å². The highest BCUT2D eigenvalue weighted by atomic mass is 16.5. The fourth-order valence-corrected chi connectivity index (χ4v) is 1.17. The molecule has 0 N–H and O–H groups in total. The molecule has 2 rings (SSSR count). The third-order valence-corrected chi connectivity index (χ3v) is 1.83. The van der Waals surface area contributed by atoms with Crippen molar-refractivity contribution in [3.63, 3.8) is 0 Å². The van der Waals surface area contributed by atoms with Crippen molar-refractivity contribution in [3.8, 4) is 11.5 Å². The lowest BCUT2D eigenvalue weighted by atomic mass is 10.3. The lowest BCUT2D eigenvalue weighted by Gasteiger charge is -1.89. The van der Waals surface area contributed by atoms with Gasteiger partial charge in [0.2, 0.25) is 11.7 Å². The van der Waals surface area contributed by atoms with Gasteiger partial charge >= 0.3 is 0 Å². The van der Waals surface area contributed by atoms with Gasteiger partial charge in [-0.3, -0.25) is 4.98 Å². The Morgan fingerprint density at radius 2 is 2.06 bits per heavy atom. The topological polar surface area (TPSA) is 51.8 Å². The van der Waals surface area contributed by atoms with Crippen LogP contribution in [-0.2, 0) is 6.42 Å². The molecule has 0 fully saturated rings. The summed E-state index contributed by atoms with van der Waals surface area (Å²) in [6, 6.07) is 5.62. The number of aryl methyl sites for hydroxylation is 1. The zero-order chi connectivity index (χ0) is 11.8. The minimum absolute atomic E-state index is 0.564. The maximum Gasteiger partial charge on any atom is 0.226 e. The molecule has 2 aromatic rings. The largest absolute Gasteiger partial charge is 0.339 e. The average Bonchev–Trinajstić information content (AvgIpc) is 2.82. The first-order valence-electron chi connectivity index (χ1n) is 5.64. The molecule has 0 bridgehead atoms. The monoisotopic (exact) mass is 219 g/mol. The molecule has 2 aromatic heterocycles. The fraction of sp³-hybridized carbons (Fsp3) is 0.417. The van der Waals surface area contributed by atoms with Crippen LogP contribution in [0.4, 0.5) is 0 Å². The van der Waals surface area contributed by atoms with Crippen LogP contribution in [0.2, 0.25) is 0 Å². The molecule has 0 saturated heterocycles. The van der Waals surface area contributed by atoms with Gasteiger partial charge < -0.3 is 4.52 Å². The predicted octanol–water partition coefficient (Wildman–Crippen LogP) is 3.11. The molecule has 0 aliphatic heterocycles. The summed E-state index contributed by atoms with van der Waals surface area (Å²) in [5.74, 6) is 1.24. The minimum Gasteiger partial charge on any atom is -0.339 e. The molecule has 16 heavy (non-hydrogen) atoms. The second-order valence-electron chi connectivity index (χ2n) is 2.98. The number of pyridine rings is 1. The third-order valence-electron chi connectivity index (χ3n) is 1.83. The number of hydrogen-bond donors (Lipinski definition) is 0. The molecular weight excluding hydrogens is 202 g/mol. The summed E-state index contributed by atoms with van der Waals surface area (Å²) in [5.41, 5.74) is 0.749. The van der Waals surface area contributed by atoms with Gasteiger partial charge in [-0.15, -0.1) is 0 Å². The summed E-state index contributed by atoms with van der Waals surface area (Å²) in [6.45, 7) is 6.07. The van der Waals surface area contributed by atoms with E-state index in [1.54, 1.807) is 6.20 Å². The zero-order valence-corrected chi connectivity index (χ0v) is 9.97. The summed E-state index contributed by atoms with van der Waals surface area (Å²) in [4.78, 5) is 8.37. The molecule has 0 spiro atoms. The van der Waals surface area contributed by atoms with E-state index in [4.69, 9.17) is 4.52 Å². The molecule has 86 valence electrons. The first-order valence-corrected chi connectivity index (χ1v) is 5.64. The van der Waals surface area contributed by atoms with Crippen molar-refractivity contribution in [1.82, 2.24) is 15.1 Å². The Labute approximate surface area is 95.7 Å². The molecule has 0 radical (unpaired) electrons. The molecule has 4 heteroatoms. The summed E-state index contributed by atoms with van der Waals surface area (Å²) in [7, 11) is 0. The second kappa shape index (κ2) is 6.71. The number of nitrogens with zero attached hydrogens (tertiary/aromatic N) is 3. The van der Waals surface area contributed by atoms with Crippen LogP contribution < -0.4 is 0 Å². The molecule has 0 unspecified atom stereocenters. The Kier molecular flexibility index (Phi) is 5.19. The van der Waals surface area contributed by atoms with Crippen molar-refractivity contribution in [1.29, 1.82) is 0 Å². The molecule has 0 aliphatic rings. The molecule has 0 atom stereocenters. The van der Waals surface area contributed by atoms with E-state index in [1.165, 1.54) is 0 Å². The van der Waals surface area contributed by atoms with Crippen LogP contribution in [0, 0.1) is 0 Å². The Morgan fingerprint density at radius 1 is 1.25 bits per heavy atom. The van der Waals surface area contributed by atoms with Gasteiger partial charge in [-0.1, -0.05) is 32.0 Å². The Bertz CT molecular complexity index is 398. The van der Waals surface area contributed by atoms with Gasteiger partial charge in [-0.2, -0.15) is 4.98 Å². The average molecular weight is 219 g/mol. The molecule has 4 nitrogen and oxygen atoms in total. The molecule has 0 aliphatic carbocycles. The predicted molar refractivity (Wildman–Crippen MR) is 62.9 cm³/mol. The summed E-state index contributed by atoms with van der Waals surface area (Å²) >= 11 is 0. The lowest BCUT2D eigenvalue weighted by Crippen LogP contribution is -1.85. The lowest BCUT2D eigenvalue weighted by molar-refractivity contribution is 0.377. The van der Waals surface area contributed by atoms with Crippen molar-refractivity contribution in [3.05, 3.63) is 30.3 Å². The van der Waals surface area contributed by atoms with Gasteiger partial charge in [0.05, 0.1) is 0 Å². The van der Waals surface area contributed by atoms with E-state index in [0.29, 0.717) is 11.7 Å². The van der Waals surface area contributed by atoms with Crippen LogP contribution in [-0.4, -0.2) is 15.1 Å². The van der Waals surface area contributed by atoms with Gasteiger partial charge in [0.25, 0.3) is 0 Å². The van der Waals surface area contributed by atoms with Crippen molar-refractivity contribution >= 4 is 0 Å². The van der Waals surface area contributed by atoms with Gasteiger partial charge in [0.15, 0.2) is 0 Å². The van der Waals surface area contributed by atoms with Crippen LogP contribution in [0.25, 0.3) is 11.5 Å². The first-order chi connectivity index (χ1) is 7.90. The van der Waals surface area contributed by atoms with E-state index < -0.39 is 0 Å². The highest BCUT2D eigenvalue weighted by Gasteiger charge is 2.07. The van der Waals surface area contributed by atoms with Crippen LogP contribution in [0.3, 0.4) is 0 Å². The first kappa shape index (κ1) is 12.4. The zero-order valence-electron chi connectivity index (χ0n) is 9.97. The molecule has 2 heterocycles. The minimum atomic E-state index is 0.564. The van der Waals surface area contributed by atoms with E-state index in [2.05, 4.69) is 22.0 Å². The Hall–Kier alpha value is -1.71.